The second kappa shape index (κ2) is 6.64. The lowest BCUT2D eigenvalue weighted by molar-refractivity contribution is 0.0535. The van der Waals surface area contributed by atoms with Crippen LogP contribution < -0.4 is 5.32 Å². The number of esters is 1. The number of ether oxygens (including phenoxy) is 1. The molecule has 2 saturated heterocycles. The summed E-state index contributed by atoms with van der Waals surface area (Å²) in [6, 6.07) is 3.69. The van der Waals surface area contributed by atoms with Gasteiger partial charge in [-0.3, -0.25) is 4.90 Å². The summed E-state index contributed by atoms with van der Waals surface area (Å²) in [4.78, 5) is 14.1. The van der Waals surface area contributed by atoms with Crippen LogP contribution in [0.4, 0.5) is 0 Å². The van der Waals surface area contributed by atoms with Gasteiger partial charge in [-0.25, -0.2) is 4.79 Å². The lowest BCUT2D eigenvalue weighted by atomic mass is 9.92. The number of halogens is 1. The Hall–Kier alpha value is -1.14. The van der Waals surface area contributed by atoms with Crippen LogP contribution in [-0.4, -0.2) is 47.7 Å². The Labute approximate surface area is 148 Å². The molecule has 3 aliphatic rings. The molecule has 3 heterocycles. The first-order valence-electron chi connectivity index (χ1n) is 8.54. The maximum Gasteiger partial charge on any atom is 0.338 e. The Balaban J connectivity index is 0.00000169. The number of aliphatic hydroxyl groups excluding tert-OH is 1. The molecular weight excluding hydrogens is 328 g/mol. The van der Waals surface area contributed by atoms with Gasteiger partial charge in [-0.2, -0.15) is 0 Å². The first-order chi connectivity index (χ1) is 11.1. The molecule has 2 fully saturated rings. The van der Waals surface area contributed by atoms with Crippen molar-refractivity contribution in [1.82, 2.24) is 10.2 Å². The van der Waals surface area contributed by atoms with Crippen molar-refractivity contribution in [1.29, 1.82) is 0 Å². The van der Waals surface area contributed by atoms with E-state index in [4.69, 9.17) is 4.74 Å². The Morgan fingerprint density at radius 2 is 2.25 bits per heavy atom. The van der Waals surface area contributed by atoms with E-state index in [1.54, 1.807) is 6.07 Å². The van der Waals surface area contributed by atoms with Crippen LogP contribution in [0, 0.1) is 6.92 Å². The maximum absolute atomic E-state index is 11.6. The van der Waals surface area contributed by atoms with Gasteiger partial charge in [-0.1, -0.05) is 6.07 Å². The van der Waals surface area contributed by atoms with Crippen LogP contribution in [0.5, 0.6) is 0 Å². The SMILES string of the molecule is Cc1c([C@@H](O)CN2CCCC23CCNC3)ccc2c1COC2=O.Cl. The molecule has 5 nitrogen and oxygen atoms in total. The third-order valence-electron chi connectivity index (χ3n) is 5.92. The Morgan fingerprint density at radius 3 is 3.00 bits per heavy atom. The summed E-state index contributed by atoms with van der Waals surface area (Å²) in [6.07, 6.45) is 3.08. The number of nitrogens with one attached hydrogen (secondary N) is 1. The van der Waals surface area contributed by atoms with Crippen molar-refractivity contribution in [3.8, 4) is 0 Å². The van der Waals surface area contributed by atoms with Crippen LogP contribution in [0.3, 0.4) is 0 Å². The van der Waals surface area contributed by atoms with E-state index in [1.807, 2.05) is 13.0 Å². The molecule has 2 N–H and O–H groups in total. The highest BCUT2D eigenvalue weighted by atomic mass is 35.5. The Kier molecular flexibility index (Phi) is 4.89. The Bertz CT molecular complexity index is 638. The molecule has 1 aromatic carbocycles. The van der Waals surface area contributed by atoms with Crippen LogP contribution in [-0.2, 0) is 11.3 Å². The molecule has 4 rings (SSSR count). The number of hydrogen-bond acceptors (Lipinski definition) is 5. The van der Waals surface area contributed by atoms with Crippen molar-refractivity contribution < 1.29 is 14.6 Å². The smallest absolute Gasteiger partial charge is 0.338 e. The van der Waals surface area contributed by atoms with Crippen LogP contribution in [0.25, 0.3) is 0 Å². The molecule has 1 spiro atoms. The van der Waals surface area contributed by atoms with E-state index < -0.39 is 6.10 Å². The van der Waals surface area contributed by atoms with E-state index in [1.165, 1.54) is 19.3 Å². The van der Waals surface area contributed by atoms with Gasteiger partial charge < -0.3 is 15.2 Å². The van der Waals surface area contributed by atoms with Gasteiger partial charge in [0.2, 0.25) is 0 Å². The number of nitrogens with zero attached hydrogens (tertiary/aromatic N) is 1. The lowest BCUT2D eigenvalue weighted by Gasteiger charge is -2.36. The van der Waals surface area contributed by atoms with Gasteiger partial charge in [0.25, 0.3) is 0 Å². The number of β-amino-alcohol motifs (C(OH)–C–C–N with tert-alkyl or cyclic N) is 1. The van der Waals surface area contributed by atoms with E-state index in [0.717, 1.165) is 36.3 Å². The quantitative estimate of drug-likeness (QED) is 0.814. The third kappa shape index (κ3) is 2.73. The summed E-state index contributed by atoms with van der Waals surface area (Å²) in [5.74, 6) is -0.250. The zero-order valence-corrected chi connectivity index (χ0v) is 14.8. The normalized spacial score (nSPS) is 27.2. The molecule has 24 heavy (non-hydrogen) atoms. The van der Waals surface area contributed by atoms with Gasteiger partial charge in [0, 0.05) is 24.2 Å². The molecule has 0 radical (unpaired) electrons. The van der Waals surface area contributed by atoms with Crippen LogP contribution in [0.2, 0.25) is 0 Å². The largest absolute Gasteiger partial charge is 0.457 e. The van der Waals surface area contributed by atoms with Crippen molar-refractivity contribution >= 4 is 18.4 Å². The third-order valence-corrected chi connectivity index (χ3v) is 5.92. The van der Waals surface area contributed by atoms with E-state index in [0.29, 0.717) is 18.7 Å². The van der Waals surface area contributed by atoms with Crippen molar-refractivity contribution in [2.75, 3.05) is 26.2 Å². The van der Waals surface area contributed by atoms with Crippen LogP contribution >= 0.6 is 12.4 Å². The van der Waals surface area contributed by atoms with Crippen molar-refractivity contribution in [3.63, 3.8) is 0 Å². The second-order valence-electron chi connectivity index (χ2n) is 7.10. The monoisotopic (exact) mass is 352 g/mol. The van der Waals surface area contributed by atoms with Gasteiger partial charge in [0.1, 0.15) is 6.61 Å². The van der Waals surface area contributed by atoms with E-state index >= 15 is 0 Å². The summed E-state index contributed by atoms with van der Waals surface area (Å²) in [7, 11) is 0. The minimum absolute atomic E-state index is 0. The molecule has 0 aliphatic carbocycles. The highest BCUT2D eigenvalue weighted by Gasteiger charge is 2.43. The van der Waals surface area contributed by atoms with Crippen molar-refractivity contribution in [2.24, 2.45) is 0 Å². The highest BCUT2D eigenvalue weighted by Crippen LogP contribution is 2.37. The molecule has 1 unspecified atom stereocenters. The zero-order valence-electron chi connectivity index (χ0n) is 14.0. The van der Waals surface area contributed by atoms with Crippen molar-refractivity contribution in [3.05, 3.63) is 34.4 Å². The number of aliphatic hydroxyl groups is 1. The summed E-state index contributed by atoms with van der Waals surface area (Å²) in [6.45, 7) is 6.14. The predicted octanol–water partition coefficient (Wildman–Crippen LogP) is 1.95. The molecule has 6 heteroatoms. The van der Waals surface area contributed by atoms with Crippen LogP contribution in [0.15, 0.2) is 12.1 Å². The van der Waals surface area contributed by atoms with Gasteiger partial charge in [-0.05, 0) is 56.5 Å². The molecule has 0 bridgehead atoms. The molecule has 0 aromatic heterocycles. The van der Waals surface area contributed by atoms with Gasteiger partial charge in [0.15, 0.2) is 0 Å². The molecule has 3 aliphatic heterocycles. The molecular formula is C18H25ClN2O3. The Morgan fingerprint density at radius 1 is 1.42 bits per heavy atom. The highest BCUT2D eigenvalue weighted by molar-refractivity contribution is 5.93. The maximum atomic E-state index is 11.6. The van der Waals surface area contributed by atoms with Gasteiger partial charge in [0.05, 0.1) is 11.7 Å². The number of carbonyl (C=O) groups is 1. The molecule has 1 aromatic rings. The van der Waals surface area contributed by atoms with Crippen molar-refractivity contribution in [2.45, 2.75) is 44.4 Å². The molecule has 2 atom stereocenters. The van der Waals surface area contributed by atoms with E-state index in [9.17, 15) is 9.90 Å². The number of rotatable bonds is 3. The summed E-state index contributed by atoms with van der Waals surface area (Å²) in [5.41, 5.74) is 3.75. The number of likely N-dealkylation sites (tertiary alicyclic amines) is 1. The average molecular weight is 353 g/mol. The molecule has 0 saturated carbocycles. The fourth-order valence-corrected chi connectivity index (χ4v) is 4.53. The molecule has 132 valence electrons. The van der Waals surface area contributed by atoms with Gasteiger partial charge in [-0.15, -0.1) is 12.4 Å². The zero-order chi connectivity index (χ0) is 16.0. The summed E-state index contributed by atoms with van der Waals surface area (Å²) in [5, 5.41) is 14.3. The lowest BCUT2D eigenvalue weighted by Crippen LogP contribution is -2.47. The number of cyclic esters (lactones) is 1. The number of fused-ring (bicyclic) bond motifs is 1. The topological polar surface area (TPSA) is 61.8 Å². The minimum atomic E-state index is -0.522. The summed E-state index contributed by atoms with van der Waals surface area (Å²) < 4.78 is 5.11. The second-order valence-corrected chi connectivity index (χ2v) is 7.10. The van der Waals surface area contributed by atoms with E-state index in [2.05, 4.69) is 10.2 Å². The first-order valence-corrected chi connectivity index (χ1v) is 8.54. The van der Waals surface area contributed by atoms with Gasteiger partial charge >= 0.3 is 5.97 Å². The number of benzene rings is 1. The standard InChI is InChI=1S/C18H24N2O3.ClH/c1-12-13(3-4-14-15(12)10-23-17(14)22)16(21)9-20-8-2-5-18(20)6-7-19-11-18;/h3-4,16,19,21H,2,5-11H2,1H3;1H/t16-,18?;/m0./s1. The fraction of sp³-hybridized carbons (Fsp3) is 0.611. The summed E-state index contributed by atoms with van der Waals surface area (Å²) >= 11 is 0. The average Bonchev–Trinajstić information content (AvgIpc) is 3.24. The predicted molar refractivity (Wildman–Crippen MR) is 93.5 cm³/mol. The number of hydrogen-bond donors (Lipinski definition) is 2. The van der Waals surface area contributed by atoms with E-state index in [-0.39, 0.29) is 23.9 Å². The molecule has 0 amide bonds. The minimum Gasteiger partial charge on any atom is -0.457 e. The fourth-order valence-electron chi connectivity index (χ4n) is 4.53. The van der Waals surface area contributed by atoms with Crippen LogP contribution in [0.1, 0.15) is 52.4 Å². The number of carbonyl (C=O) groups excluding carboxylic acids is 1. The first kappa shape index (κ1) is 17.7.